The average molecular weight is 302 g/mol. The number of ether oxygens (including phenoxy) is 1. The molecule has 2 heterocycles. The molecule has 1 aliphatic heterocycles. The largest absolute Gasteiger partial charge is 0.491 e. The number of hydrogen-bond donors (Lipinski definition) is 2. The van der Waals surface area contributed by atoms with E-state index in [0.29, 0.717) is 0 Å². The van der Waals surface area contributed by atoms with E-state index >= 15 is 0 Å². The summed E-state index contributed by atoms with van der Waals surface area (Å²) in [6.07, 6.45) is 3.69. The minimum absolute atomic E-state index is 0.0839. The van der Waals surface area contributed by atoms with Gasteiger partial charge in [0.25, 0.3) is 0 Å². The zero-order valence-electron chi connectivity index (χ0n) is 13.1. The number of nitrogens with one attached hydrogen (secondary N) is 1. The van der Waals surface area contributed by atoms with E-state index in [1.807, 2.05) is 26.0 Å². The monoisotopic (exact) mass is 302 g/mol. The summed E-state index contributed by atoms with van der Waals surface area (Å²) in [5.74, 6) is -0.158. The molecule has 118 valence electrons. The molecule has 0 radical (unpaired) electrons. The molecule has 0 saturated carbocycles. The van der Waals surface area contributed by atoms with Crippen LogP contribution in [-0.2, 0) is 0 Å². The Morgan fingerprint density at radius 3 is 2.59 bits per heavy atom. The van der Waals surface area contributed by atoms with Crippen molar-refractivity contribution in [3.63, 3.8) is 0 Å². The fourth-order valence-electron chi connectivity index (χ4n) is 3.04. The third-order valence-corrected chi connectivity index (χ3v) is 3.99. The van der Waals surface area contributed by atoms with E-state index in [4.69, 9.17) is 4.74 Å². The molecule has 1 aliphatic rings. The number of hydrogen-bond acceptors (Lipinski definition) is 3. The first-order valence-electron chi connectivity index (χ1n) is 7.86. The number of nitrogens with zero attached hydrogens (tertiary/aromatic N) is 1. The first-order valence-corrected chi connectivity index (χ1v) is 7.86. The lowest BCUT2D eigenvalue weighted by molar-refractivity contribution is 0.0691. The minimum atomic E-state index is -0.938. The smallest absolute Gasteiger partial charge is 0.352 e. The van der Waals surface area contributed by atoms with Gasteiger partial charge in [0.05, 0.1) is 11.6 Å². The van der Waals surface area contributed by atoms with Gasteiger partial charge in [-0.15, -0.1) is 0 Å². The number of aromatic carboxylic acids is 1. The van der Waals surface area contributed by atoms with Crippen LogP contribution < -0.4 is 9.64 Å². The molecule has 1 fully saturated rings. The maximum Gasteiger partial charge on any atom is 0.352 e. The second-order valence-electron chi connectivity index (χ2n) is 6.11. The predicted octanol–water partition coefficient (Wildman–Crippen LogP) is 3.64. The number of rotatable bonds is 4. The van der Waals surface area contributed by atoms with Crippen molar-refractivity contribution >= 4 is 22.6 Å². The van der Waals surface area contributed by atoms with E-state index in [-0.39, 0.29) is 11.8 Å². The molecule has 0 aliphatic carbocycles. The number of piperidine rings is 1. The zero-order chi connectivity index (χ0) is 15.7. The predicted molar refractivity (Wildman–Crippen MR) is 87.1 cm³/mol. The summed E-state index contributed by atoms with van der Waals surface area (Å²) < 4.78 is 5.83. The summed E-state index contributed by atoms with van der Waals surface area (Å²) in [7, 11) is 0. The van der Waals surface area contributed by atoms with Crippen molar-refractivity contribution in [1.82, 2.24) is 4.98 Å². The topological polar surface area (TPSA) is 65.6 Å². The van der Waals surface area contributed by atoms with Crippen LogP contribution in [0.15, 0.2) is 18.2 Å². The normalized spacial score (nSPS) is 15.5. The van der Waals surface area contributed by atoms with Crippen LogP contribution in [0.25, 0.3) is 10.9 Å². The Morgan fingerprint density at radius 1 is 1.23 bits per heavy atom. The van der Waals surface area contributed by atoms with Crippen molar-refractivity contribution < 1.29 is 14.6 Å². The first-order chi connectivity index (χ1) is 10.5. The first kappa shape index (κ1) is 14.8. The summed E-state index contributed by atoms with van der Waals surface area (Å²) in [6, 6.07) is 5.64. The van der Waals surface area contributed by atoms with Gasteiger partial charge in [0.1, 0.15) is 11.4 Å². The fraction of sp³-hybridized carbons (Fsp3) is 0.471. The van der Waals surface area contributed by atoms with Gasteiger partial charge in [-0.25, -0.2) is 4.79 Å². The summed E-state index contributed by atoms with van der Waals surface area (Å²) in [4.78, 5) is 16.6. The van der Waals surface area contributed by atoms with Crippen molar-refractivity contribution in [3.8, 4) is 5.75 Å². The van der Waals surface area contributed by atoms with Crippen molar-refractivity contribution in [2.45, 2.75) is 39.2 Å². The summed E-state index contributed by atoms with van der Waals surface area (Å²) in [5.41, 5.74) is 2.10. The number of benzene rings is 1. The van der Waals surface area contributed by atoms with Crippen molar-refractivity contribution in [2.24, 2.45) is 0 Å². The number of aromatic amines is 1. The molecule has 1 saturated heterocycles. The highest BCUT2D eigenvalue weighted by Gasteiger charge is 2.18. The van der Waals surface area contributed by atoms with Gasteiger partial charge in [0, 0.05) is 36.3 Å². The van der Waals surface area contributed by atoms with Gasteiger partial charge in [0.15, 0.2) is 0 Å². The highest BCUT2D eigenvalue weighted by Crippen LogP contribution is 2.34. The Kier molecular flexibility index (Phi) is 3.96. The zero-order valence-corrected chi connectivity index (χ0v) is 13.1. The van der Waals surface area contributed by atoms with Crippen molar-refractivity contribution in [3.05, 3.63) is 23.9 Å². The van der Waals surface area contributed by atoms with Crippen molar-refractivity contribution in [2.75, 3.05) is 18.0 Å². The molecule has 22 heavy (non-hydrogen) atoms. The summed E-state index contributed by atoms with van der Waals surface area (Å²) in [6.45, 7) is 5.99. The van der Waals surface area contributed by atoms with Crippen LogP contribution in [0.5, 0.6) is 5.75 Å². The van der Waals surface area contributed by atoms with Crippen LogP contribution in [0.4, 0.5) is 5.69 Å². The second-order valence-corrected chi connectivity index (χ2v) is 6.11. The average Bonchev–Trinajstić information content (AvgIpc) is 2.91. The Bertz CT molecular complexity index is 685. The number of anilines is 1. The molecule has 0 amide bonds. The van der Waals surface area contributed by atoms with Crippen LogP contribution in [0.1, 0.15) is 43.6 Å². The van der Waals surface area contributed by atoms with Gasteiger partial charge in [-0.3, -0.25) is 0 Å². The van der Waals surface area contributed by atoms with Crippen LogP contribution in [0.3, 0.4) is 0 Å². The SMILES string of the molecule is CC(C)Oc1cc(N2CCCCC2)c2cc(C(=O)O)[nH]c2c1. The Morgan fingerprint density at radius 2 is 1.95 bits per heavy atom. The highest BCUT2D eigenvalue weighted by molar-refractivity contribution is 6.00. The van der Waals surface area contributed by atoms with E-state index in [9.17, 15) is 9.90 Å². The van der Waals surface area contributed by atoms with Gasteiger partial charge >= 0.3 is 5.97 Å². The molecule has 2 aromatic rings. The van der Waals surface area contributed by atoms with Crippen LogP contribution >= 0.6 is 0 Å². The quantitative estimate of drug-likeness (QED) is 0.905. The van der Waals surface area contributed by atoms with Gasteiger partial charge in [-0.1, -0.05) is 0 Å². The third kappa shape index (κ3) is 2.89. The summed E-state index contributed by atoms with van der Waals surface area (Å²) >= 11 is 0. The molecule has 1 aromatic carbocycles. The van der Waals surface area contributed by atoms with Crippen LogP contribution in [-0.4, -0.2) is 35.3 Å². The third-order valence-electron chi connectivity index (χ3n) is 3.99. The van der Waals surface area contributed by atoms with Gasteiger partial charge < -0.3 is 19.7 Å². The molecule has 0 unspecified atom stereocenters. The molecule has 5 nitrogen and oxygen atoms in total. The van der Waals surface area contributed by atoms with E-state index in [0.717, 1.165) is 35.4 Å². The Labute approximate surface area is 129 Å². The van der Waals surface area contributed by atoms with Gasteiger partial charge in [0.2, 0.25) is 0 Å². The van der Waals surface area contributed by atoms with Gasteiger partial charge in [-0.05, 0) is 39.2 Å². The molecule has 0 spiro atoms. The number of H-pyrrole nitrogens is 1. The maximum absolute atomic E-state index is 11.2. The van der Waals surface area contributed by atoms with E-state index in [2.05, 4.69) is 9.88 Å². The Hall–Kier alpha value is -2.17. The lowest BCUT2D eigenvalue weighted by Crippen LogP contribution is -2.29. The lowest BCUT2D eigenvalue weighted by atomic mass is 10.1. The molecule has 1 aromatic heterocycles. The molecular formula is C17H22N2O3. The van der Waals surface area contributed by atoms with Crippen LogP contribution in [0, 0.1) is 0 Å². The Balaban J connectivity index is 2.10. The molecule has 2 N–H and O–H groups in total. The number of carboxylic acid groups (broad SMARTS) is 1. The summed E-state index contributed by atoms with van der Waals surface area (Å²) in [5, 5.41) is 10.2. The van der Waals surface area contributed by atoms with Crippen LogP contribution in [0.2, 0.25) is 0 Å². The molecule has 3 rings (SSSR count). The number of aromatic nitrogens is 1. The molecule has 0 bridgehead atoms. The lowest BCUT2D eigenvalue weighted by Gasteiger charge is -2.30. The second kappa shape index (κ2) is 5.91. The minimum Gasteiger partial charge on any atom is -0.491 e. The van der Waals surface area contributed by atoms with E-state index < -0.39 is 5.97 Å². The van der Waals surface area contributed by atoms with Crippen molar-refractivity contribution in [1.29, 1.82) is 0 Å². The molecular weight excluding hydrogens is 280 g/mol. The number of carboxylic acids is 1. The maximum atomic E-state index is 11.2. The molecule has 0 atom stereocenters. The number of carbonyl (C=O) groups is 1. The highest BCUT2D eigenvalue weighted by atomic mass is 16.5. The fourth-order valence-corrected chi connectivity index (χ4v) is 3.04. The van der Waals surface area contributed by atoms with E-state index in [1.54, 1.807) is 6.07 Å². The van der Waals surface area contributed by atoms with E-state index in [1.165, 1.54) is 19.3 Å². The standard InChI is InChI=1S/C17H22N2O3/c1-11(2)22-12-8-14-13(10-15(18-14)17(20)21)16(9-12)19-6-4-3-5-7-19/h8-11,18H,3-7H2,1-2H3,(H,20,21). The molecule has 5 heteroatoms. The number of fused-ring (bicyclic) bond motifs is 1. The van der Waals surface area contributed by atoms with Gasteiger partial charge in [-0.2, -0.15) is 0 Å².